The van der Waals surface area contributed by atoms with Crippen LogP contribution in [0.2, 0.25) is 0 Å². The number of fused-ring (bicyclic) bond motifs is 3. The van der Waals surface area contributed by atoms with Crippen molar-refractivity contribution in [3.05, 3.63) is 48.0 Å². The van der Waals surface area contributed by atoms with Gasteiger partial charge in [-0.05, 0) is 51.5 Å². The molecule has 2 bridgehead atoms. The molecular formula is C27H31NO8. The molecule has 192 valence electrons. The SMILES string of the molecule is CC1(C)O[C@@H]2[C@@H](CO[C@]34COC(=O)N(C(=O)[C@@H]5[C@H](c6ccccc6)[C@H]6C=C[C@@H]5C6)C23OC(C)(C)O4)O1. The van der Waals surface area contributed by atoms with Crippen LogP contribution in [0.25, 0.3) is 0 Å². The Morgan fingerprint density at radius 3 is 2.50 bits per heavy atom. The van der Waals surface area contributed by atoms with Gasteiger partial charge in [-0.3, -0.25) is 4.79 Å². The quantitative estimate of drug-likeness (QED) is 0.575. The van der Waals surface area contributed by atoms with E-state index in [2.05, 4.69) is 12.2 Å². The van der Waals surface area contributed by atoms with E-state index >= 15 is 0 Å². The van der Waals surface area contributed by atoms with E-state index in [0.29, 0.717) is 0 Å². The van der Waals surface area contributed by atoms with Crippen molar-refractivity contribution in [1.82, 2.24) is 4.90 Å². The standard InChI is InChI=1S/C27H31NO8/c1-24(2)33-18-13-32-26-14-31-23(30)28(27(26,21(18)34-24)36-25(3,4)35-26)22(29)20-17-11-10-16(12-17)19(20)15-8-6-5-7-9-15/h5-11,16-21H,12-14H2,1-4H3/t16-,17+,18+,19+,20-,21+,26-,27?/m0/s1. The predicted molar refractivity (Wildman–Crippen MR) is 123 cm³/mol. The Kier molecular flexibility index (Phi) is 4.55. The number of allylic oxidation sites excluding steroid dienone is 2. The molecule has 1 aromatic carbocycles. The molecule has 4 aliphatic heterocycles. The van der Waals surface area contributed by atoms with Gasteiger partial charge in [0.2, 0.25) is 11.6 Å². The Bertz CT molecular complexity index is 1150. The number of carbonyl (C=O) groups is 2. The number of nitrogens with zero attached hydrogens (tertiary/aromatic N) is 1. The summed E-state index contributed by atoms with van der Waals surface area (Å²) in [4.78, 5) is 29.3. The molecule has 9 heteroatoms. The Morgan fingerprint density at radius 1 is 0.972 bits per heavy atom. The van der Waals surface area contributed by atoms with Crippen molar-refractivity contribution >= 4 is 12.0 Å². The van der Waals surface area contributed by atoms with Crippen LogP contribution in [0.15, 0.2) is 42.5 Å². The Labute approximate surface area is 209 Å². The van der Waals surface area contributed by atoms with Crippen molar-refractivity contribution in [3.8, 4) is 0 Å². The van der Waals surface area contributed by atoms with Crippen LogP contribution in [0.4, 0.5) is 4.79 Å². The molecular weight excluding hydrogens is 466 g/mol. The van der Waals surface area contributed by atoms with Gasteiger partial charge in [0.05, 0.1) is 12.5 Å². The third-order valence-electron chi connectivity index (χ3n) is 8.46. The molecule has 7 rings (SSSR count). The van der Waals surface area contributed by atoms with Crippen molar-refractivity contribution in [2.45, 2.75) is 75.3 Å². The maximum atomic E-state index is 14.6. The zero-order valence-electron chi connectivity index (χ0n) is 20.8. The van der Waals surface area contributed by atoms with Crippen LogP contribution < -0.4 is 0 Å². The van der Waals surface area contributed by atoms with Gasteiger partial charge in [0.1, 0.15) is 12.2 Å². The second kappa shape index (κ2) is 7.17. The molecule has 2 aliphatic carbocycles. The fourth-order valence-corrected chi connectivity index (χ4v) is 7.42. The molecule has 5 fully saturated rings. The third-order valence-corrected chi connectivity index (χ3v) is 8.46. The molecule has 0 aromatic heterocycles. The smallest absolute Gasteiger partial charge is 0.419 e. The molecule has 9 nitrogen and oxygen atoms in total. The fourth-order valence-electron chi connectivity index (χ4n) is 7.42. The molecule has 2 amide bonds. The topological polar surface area (TPSA) is 92.8 Å². The second-order valence-electron chi connectivity index (χ2n) is 11.6. The molecule has 1 unspecified atom stereocenters. The lowest BCUT2D eigenvalue weighted by molar-refractivity contribution is -0.358. The van der Waals surface area contributed by atoms with Crippen molar-refractivity contribution in [3.63, 3.8) is 0 Å². The van der Waals surface area contributed by atoms with Crippen molar-refractivity contribution < 1.29 is 38.0 Å². The Balaban J connectivity index is 1.37. The molecule has 4 saturated heterocycles. The first-order chi connectivity index (χ1) is 17.1. The minimum absolute atomic E-state index is 0.000979. The first-order valence-electron chi connectivity index (χ1n) is 12.7. The first-order valence-corrected chi connectivity index (χ1v) is 12.7. The highest BCUT2D eigenvalue weighted by Crippen LogP contribution is 2.60. The summed E-state index contributed by atoms with van der Waals surface area (Å²) in [7, 11) is 0. The number of rotatable bonds is 2. The highest BCUT2D eigenvalue weighted by atomic mass is 16.9. The van der Waals surface area contributed by atoms with Crippen molar-refractivity contribution in [2.75, 3.05) is 13.2 Å². The molecule has 0 radical (unpaired) electrons. The van der Waals surface area contributed by atoms with Crippen LogP contribution in [0.5, 0.6) is 0 Å². The van der Waals surface area contributed by atoms with Crippen molar-refractivity contribution in [1.29, 1.82) is 0 Å². The van der Waals surface area contributed by atoms with E-state index in [-0.39, 0.29) is 36.9 Å². The molecule has 0 N–H and O–H groups in total. The average molecular weight is 498 g/mol. The maximum Gasteiger partial charge on any atom is 0.419 e. The van der Waals surface area contributed by atoms with E-state index in [0.717, 1.165) is 16.9 Å². The van der Waals surface area contributed by atoms with Gasteiger partial charge in [0.25, 0.3) is 5.79 Å². The van der Waals surface area contributed by atoms with Crippen LogP contribution in [0.3, 0.4) is 0 Å². The highest BCUT2D eigenvalue weighted by Gasteiger charge is 2.82. The predicted octanol–water partition coefficient (Wildman–Crippen LogP) is 3.30. The van der Waals surface area contributed by atoms with Gasteiger partial charge in [-0.15, -0.1) is 0 Å². The number of benzene rings is 1. The lowest BCUT2D eigenvalue weighted by Gasteiger charge is -2.55. The summed E-state index contributed by atoms with van der Waals surface area (Å²) in [6, 6.07) is 10.0. The van der Waals surface area contributed by atoms with E-state index < -0.39 is 47.3 Å². The van der Waals surface area contributed by atoms with Gasteiger partial charge in [-0.1, -0.05) is 42.5 Å². The summed E-state index contributed by atoms with van der Waals surface area (Å²) in [6.45, 7) is 7.00. The summed E-state index contributed by atoms with van der Waals surface area (Å²) in [5, 5.41) is 0. The number of imide groups is 1. The fraction of sp³-hybridized carbons (Fsp3) is 0.630. The van der Waals surface area contributed by atoms with E-state index in [4.69, 9.17) is 28.4 Å². The van der Waals surface area contributed by atoms with Crippen LogP contribution in [-0.2, 0) is 33.2 Å². The third kappa shape index (κ3) is 2.89. The number of ether oxygens (including phenoxy) is 6. The van der Waals surface area contributed by atoms with E-state index in [1.165, 1.54) is 0 Å². The van der Waals surface area contributed by atoms with Crippen LogP contribution in [0, 0.1) is 17.8 Å². The zero-order valence-corrected chi connectivity index (χ0v) is 20.8. The monoisotopic (exact) mass is 497 g/mol. The summed E-state index contributed by atoms with van der Waals surface area (Å²) in [6.07, 6.45) is 2.99. The van der Waals surface area contributed by atoms with Gasteiger partial charge in [-0.25, -0.2) is 9.69 Å². The maximum absolute atomic E-state index is 14.6. The number of cyclic esters (lactones) is 1. The van der Waals surface area contributed by atoms with Crippen LogP contribution in [-0.4, -0.2) is 65.4 Å². The molecule has 6 aliphatic rings. The number of hydrogen-bond donors (Lipinski definition) is 0. The molecule has 36 heavy (non-hydrogen) atoms. The lowest BCUT2D eigenvalue weighted by atomic mass is 9.76. The minimum atomic E-state index is -1.70. The van der Waals surface area contributed by atoms with Crippen LogP contribution in [0.1, 0.15) is 45.6 Å². The normalized spacial score (nSPS) is 45.2. The summed E-state index contributed by atoms with van der Waals surface area (Å²) in [5.41, 5.74) is -0.628. The van der Waals surface area contributed by atoms with E-state index in [1.54, 1.807) is 27.7 Å². The van der Waals surface area contributed by atoms with Crippen molar-refractivity contribution in [2.24, 2.45) is 17.8 Å². The largest absolute Gasteiger partial charge is 0.443 e. The summed E-state index contributed by atoms with van der Waals surface area (Å²) >= 11 is 0. The molecule has 8 atom stereocenters. The molecule has 1 aromatic rings. The van der Waals surface area contributed by atoms with Crippen LogP contribution >= 0.6 is 0 Å². The lowest BCUT2D eigenvalue weighted by Crippen LogP contribution is -2.81. The number of hydrogen-bond acceptors (Lipinski definition) is 8. The number of carbonyl (C=O) groups excluding carboxylic acids is 2. The second-order valence-corrected chi connectivity index (χ2v) is 11.6. The summed E-state index contributed by atoms with van der Waals surface area (Å²) < 4.78 is 37.2. The Hall–Kier alpha value is -2.30. The zero-order chi connectivity index (χ0) is 25.1. The van der Waals surface area contributed by atoms with Gasteiger partial charge in [0.15, 0.2) is 18.2 Å². The van der Waals surface area contributed by atoms with E-state index in [1.807, 2.05) is 30.3 Å². The Morgan fingerprint density at radius 2 is 1.72 bits per heavy atom. The number of amides is 2. The summed E-state index contributed by atoms with van der Waals surface area (Å²) in [5.74, 6) is -4.37. The van der Waals surface area contributed by atoms with Gasteiger partial charge < -0.3 is 28.4 Å². The minimum Gasteiger partial charge on any atom is -0.443 e. The first kappa shape index (κ1) is 22.9. The van der Waals surface area contributed by atoms with Gasteiger partial charge >= 0.3 is 6.09 Å². The highest BCUT2D eigenvalue weighted by molar-refractivity contribution is 5.96. The molecule has 0 spiro atoms. The average Bonchev–Trinajstić information content (AvgIpc) is 3.56. The van der Waals surface area contributed by atoms with Gasteiger partial charge in [0, 0.05) is 5.92 Å². The molecule has 1 saturated carbocycles. The van der Waals surface area contributed by atoms with Gasteiger partial charge in [-0.2, -0.15) is 0 Å². The van der Waals surface area contributed by atoms with E-state index in [9.17, 15) is 9.59 Å². The molecule has 4 heterocycles.